The summed E-state index contributed by atoms with van der Waals surface area (Å²) in [4.78, 5) is 13.4. The number of carbonyl (C=O) groups is 1. The first-order valence-corrected chi connectivity index (χ1v) is 12.1. The molecule has 1 N–H and O–H groups in total. The second-order valence-corrected chi connectivity index (χ2v) is 9.97. The van der Waals surface area contributed by atoms with Crippen LogP contribution in [0.3, 0.4) is 0 Å². The van der Waals surface area contributed by atoms with Gasteiger partial charge in [-0.1, -0.05) is 25.1 Å². The number of benzene rings is 2. The van der Waals surface area contributed by atoms with Gasteiger partial charge in [0.1, 0.15) is 0 Å². The zero-order valence-electron chi connectivity index (χ0n) is 16.9. The molecule has 1 amide bonds. The van der Waals surface area contributed by atoms with E-state index in [0.717, 1.165) is 27.5 Å². The first-order chi connectivity index (χ1) is 13.2. The van der Waals surface area contributed by atoms with Gasteiger partial charge in [-0.15, -0.1) is 11.8 Å². The average Bonchev–Trinajstić information content (AvgIpc) is 2.58. The van der Waals surface area contributed by atoms with Crippen LogP contribution < -0.4 is 9.62 Å². The molecule has 0 radical (unpaired) electrons. The van der Waals surface area contributed by atoms with Crippen molar-refractivity contribution in [3.8, 4) is 0 Å². The van der Waals surface area contributed by atoms with Crippen molar-refractivity contribution in [2.75, 3.05) is 28.2 Å². The van der Waals surface area contributed by atoms with Gasteiger partial charge in [0.2, 0.25) is 15.9 Å². The molecule has 5 nitrogen and oxygen atoms in total. The van der Waals surface area contributed by atoms with Crippen LogP contribution in [-0.4, -0.2) is 32.9 Å². The predicted molar refractivity (Wildman–Crippen MR) is 119 cm³/mol. The molecule has 0 saturated heterocycles. The third kappa shape index (κ3) is 6.56. The van der Waals surface area contributed by atoms with Gasteiger partial charge < -0.3 is 5.32 Å². The molecule has 0 fully saturated rings. The molecule has 0 aliphatic rings. The maximum absolute atomic E-state index is 12.4. The van der Waals surface area contributed by atoms with Gasteiger partial charge in [-0.05, 0) is 61.4 Å². The van der Waals surface area contributed by atoms with E-state index in [-0.39, 0.29) is 18.9 Å². The SMILES string of the molecule is CCSc1ccccc1NC(=O)CCCN(c1cc(C)cc(C)c1)S(C)(=O)=O. The Morgan fingerprint density at radius 3 is 2.36 bits per heavy atom. The van der Waals surface area contributed by atoms with Gasteiger partial charge in [0.05, 0.1) is 17.6 Å². The summed E-state index contributed by atoms with van der Waals surface area (Å²) in [7, 11) is -3.42. The van der Waals surface area contributed by atoms with Gasteiger partial charge in [0.25, 0.3) is 0 Å². The number of nitrogens with zero attached hydrogens (tertiary/aromatic N) is 1. The van der Waals surface area contributed by atoms with E-state index >= 15 is 0 Å². The molecule has 2 aromatic carbocycles. The quantitative estimate of drug-likeness (QED) is 0.602. The number of anilines is 2. The monoisotopic (exact) mass is 420 g/mol. The van der Waals surface area contributed by atoms with Crippen LogP contribution in [0.1, 0.15) is 30.9 Å². The summed E-state index contributed by atoms with van der Waals surface area (Å²) in [5.74, 6) is 0.810. The second-order valence-electron chi connectivity index (χ2n) is 6.76. The van der Waals surface area contributed by atoms with E-state index in [1.54, 1.807) is 11.8 Å². The fourth-order valence-corrected chi connectivity index (χ4v) is 4.74. The number of sulfonamides is 1. The lowest BCUT2D eigenvalue weighted by molar-refractivity contribution is -0.116. The van der Waals surface area contributed by atoms with Gasteiger partial charge in [0, 0.05) is 17.9 Å². The Morgan fingerprint density at radius 1 is 1.11 bits per heavy atom. The summed E-state index contributed by atoms with van der Waals surface area (Å²) in [6, 6.07) is 13.4. The van der Waals surface area contributed by atoms with E-state index in [9.17, 15) is 13.2 Å². The molecule has 0 aliphatic carbocycles. The maximum atomic E-state index is 12.4. The van der Waals surface area contributed by atoms with Crippen molar-refractivity contribution in [2.24, 2.45) is 0 Å². The molecule has 0 bridgehead atoms. The van der Waals surface area contributed by atoms with E-state index in [0.29, 0.717) is 12.1 Å². The molecule has 0 aromatic heterocycles. The number of thioether (sulfide) groups is 1. The summed E-state index contributed by atoms with van der Waals surface area (Å²) in [6.07, 6.45) is 1.89. The van der Waals surface area contributed by atoms with Crippen LogP contribution in [0.15, 0.2) is 47.4 Å². The Morgan fingerprint density at radius 2 is 1.75 bits per heavy atom. The van der Waals surface area contributed by atoms with Crippen molar-refractivity contribution >= 4 is 39.1 Å². The van der Waals surface area contributed by atoms with Crippen molar-refractivity contribution in [1.29, 1.82) is 0 Å². The Kier molecular flexibility index (Phi) is 7.95. The number of nitrogens with one attached hydrogen (secondary N) is 1. The standard InChI is InChI=1S/C21H28N2O3S2/c1-5-27-20-10-7-6-9-19(20)22-21(24)11-8-12-23(28(4,25)26)18-14-16(2)13-17(3)15-18/h6-7,9-10,13-15H,5,8,11-12H2,1-4H3,(H,22,24). The fourth-order valence-electron chi connectivity index (χ4n) is 3.03. The fraction of sp³-hybridized carbons (Fsp3) is 0.381. The highest BCUT2D eigenvalue weighted by atomic mass is 32.2. The molecule has 0 spiro atoms. The van der Waals surface area contributed by atoms with E-state index < -0.39 is 10.0 Å². The summed E-state index contributed by atoms with van der Waals surface area (Å²) < 4.78 is 25.9. The Hall–Kier alpha value is -1.99. The van der Waals surface area contributed by atoms with Crippen LogP contribution >= 0.6 is 11.8 Å². The van der Waals surface area contributed by atoms with Crippen LogP contribution in [0.25, 0.3) is 0 Å². The molecular formula is C21H28N2O3S2. The second kappa shape index (κ2) is 9.98. The molecule has 0 unspecified atom stereocenters. The van der Waals surface area contributed by atoms with Crippen molar-refractivity contribution in [3.05, 3.63) is 53.6 Å². The van der Waals surface area contributed by atoms with E-state index in [2.05, 4.69) is 12.2 Å². The molecule has 152 valence electrons. The lowest BCUT2D eigenvalue weighted by atomic mass is 10.1. The first-order valence-electron chi connectivity index (χ1n) is 9.28. The van der Waals surface area contributed by atoms with Gasteiger partial charge in [0.15, 0.2) is 0 Å². The predicted octanol–water partition coefficient (Wildman–Crippen LogP) is 4.60. The zero-order valence-corrected chi connectivity index (χ0v) is 18.5. The Bertz CT molecular complexity index is 907. The van der Waals surface area contributed by atoms with Crippen LogP contribution in [0.2, 0.25) is 0 Å². The minimum atomic E-state index is -3.42. The minimum Gasteiger partial charge on any atom is -0.325 e. The molecule has 0 aliphatic heterocycles. The van der Waals surface area contributed by atoms with Crippen LogP contribution in [0.4, 0.5) is 11.4 Å². The number of hydrogen-bond donors (Lipinski definition) is 1. The van der Waals surface area contributed by atoms with Crippen LogP contribution in [-0.2, 0) is 14.8 Å². The highest BCUT2D eigenvalue weighted by molar-refractivity contribution is 7.99. The van der Waals surface area contributed by atoms with Crippen molar-refractivity contribution in [3.63, 3.8) is 0 Å². The molecule has 2 rings (SSSR count). The molecule has 28 heavy (non-hydrogen) atoms. The summed E-state index contributed by atoms with van der Waals surface area (Å²) >= 11 is 1.67. The van der Waals surface area contributed by atoms with Crippen LogP contribution in [0.5, 0.6) is 0 Å². The highest BCUT2D eigenvalue weighted by Gasteiger charge is 2.18. The molecule has 2 aromatic rings. The smallest absolute Gasteiger partial charge is 0.232 e. The third-order valence-electron chi connectivity index (χ3n) is 4.12. The van der Waals surface area contributed by atoms with Crippen LogP contribution in [0, 0.1) is 13.8 Å². The number of aryl methyl sites for hydroxylation is 2. The highest BCUT2D eigenvalue weighted by Crippen LogP contribution is 2.27. The topological polar surface area (TPSA) is 66.5 Å². The largest absolute Gasteiger partial charge is 0.325 e. The number of amides is 1. The molecular weight excluding hydrogens is 392 g/mol. The molecule has 0 atom stereocenters. The van der Waals surface area contributed by atoms with Gasteiger partial charge in [-0.25, -0.2) is 8.42 Å². The number of rotatable bonds is 9. The first kappa shape index (κ1) is 22.3. The van der Waals surface area contributed by atoms with Gasteiger partial charge in [-0.3, -0.25) is 9.10 Å². The minimum absolute atomic E-state index is 0.113. The summed E-state index contributed by atoms with van der Waals surface area (Å²) in [5, 5.41) is 2.94. The Balaban J connectivity index is 2.02. The average molecular weight is 421 g/mol. The van der Waals surface area contributed by atoms with E-state index in [1.807, 2.05) is 56.3 Å². The summed E-state index contributed by atoms with van der Waals surface area (Å²) in [5.41, 5.74) is 3.46. The maximum Gasteiger partial charge on any atom is 0.232 e. The van der Waals surface area contributed by atoms with E-state index in [1.165, 1.54) is 10.6 Å². The zero-order chi connectivity index (χ0) is 20.7. The molecule has 7 heteroatoms. The van der Waals surface area contributed by atoms with Crippen molar-refractivity contribution < 1.29 is 13.2 Å². The number of carbonyl (C=O) groups excluding carboxylic acids is 1. The molecule has 0 saturated carbocycles. The Labute approximate surface area is 172 Å². The van der Waals surface area contributed by atoms with Gasteiger partial charge in [-0.2, -0.15) is 0 Å². The normalized spacial score (nSPS) is 11.3. The van der Waals surface area contributed by atoms with Crippen molar-refractivity contribution in [2.45, 2.75) is 38.5 Å². The van der Waals surface area contributed by atoms with Gasteiger partial charge >= 0.3 is 0 Å². The van der Waals surface area contributed by atoms with E-state index in [4.69, 9.17) is 0 Å². The molecule has 0 heterocycles. The number of hydrogen-bond acceptors (Lipinski definition) is 4. The number of para-hydroxylation sites is 1. The summed E-state index contributed by atoms with van der Waals surface area (Å²) in [6.45, 7) is 6.21. The lowest BCUT2D eigenvalue weighted by Crippen LogP contribution is -2.31. The lowest BCUT2D eigenvalue weighted by Gasteiger charge is -2.23. The third-order valence-corrected chi connectivity index (χ3v) is 6.27. The van der Waals surface area contributed by atoms with Crippen molar-refractivity contribution in [1.82, 2.24) is 0 Å².